The Balaban J connectivity index is 2.28. The molecule has 25 heavy (non-hydrogen) atoms. The van der Waals surface area contributed by atoms with Gasteiger partial charge in [-0.1, -0.05) is 11.3 Å². The molecule has 0 fully saturated rings. The number of methoxy groups -OCH3 is 1. The average molecular weight is 431 g/mol. The van der Waals surface area contributed by atoms with Crippen molar-refractivity contribution in [3.05, 3.63) is 23.1 Å². The van der Waals surface area contributed by atoms with Gasteiger partial charge < -0.3 is 14.2 Å². The number of amides is 1. The summed E-state index contributed by atoms with van der Waals surface area (Å²) in [4.78, 5) is 26.4. The Morgan fingerprint density at radius 3 is 2.48 bits per heavy atom. The van der Waals surface area contributed by atoms with Crippen molar-refractivity contribution in [3.63, 3.8) is 0 Å². The Kier molecular flexibility index (Phi) is 6.68. The first-order valence-electron chi connectivity index (χ1n) is 7.38. The molecule has 2 heterocycles. The van der Waals surface area contributed by atoms with E-state index in [-0.39, 0.29) is 5.95 Å². The number of ether oxygens (including phenoxy) is 3. The smallest absolute Gasteiger partial charge is 0.422 e. The van der Waals surface area contributed by atoms with Crippen LogP contribution in [0.3, 0.4) is 0 Å². The zero-order valence-corrected chi connectivity index (χ0v) is 16.8. The van der Waals surface area contributed by atoms with Crippen LogP contribution in [0.15, 0.2) is 23.1 Å². The van der Waals surface area contributed by atoms with Gasteiger partial charge in [0.05, 0.1) is 17.3 Å². The van der Waals surface area contributed by atoms with E-state index in [9.17, 15) is 4.79 Å². The Hall–Kier alpha value is -1.78. The topological polar surface area (TPSA) is 86.7 Å². The second-order valence-electron chi connectivity index (χ2n) is 5.82. The molecule has 0 aliphatic carbocycles. The van der Waals surface area contributed by atoms with Crippen molar-refractivity contribution < 1.29 is 19.0 Å². The summed E-state index contributed by atoms with van der Waals surface area (Å²) >= 11 is 4.46. The van der Waals surface area contributed by atoms with Crippen molar-refractivity contribution >= 4 is 44.3 Å². The van der Waals surface area contributed by atoms with Gasteiger partial charge in [-0.15, -0.1) is 0 Å². The number of hydrogen-bond donors (Lipinski definition) is 0. The van der Waals surface area contributed by atoms with E-state index < -0.39 is 11.7 Å². The maximum absolute atomic E-state index is 12.6. The molecule has 8 nitrogen and oxygen atoms in total. The number of carbonyl (C=O) groups is 1. The molecule has 0 bridgehead atoms. The molecule has 0 saturated heterocycles. The second kappa shape index (κ2) is 8.54. The number of rotatable bonds is 6. The Labute approximate surface area is 158 Å². The molecular formula is C15H19BrN4O4S. The van der Waals surface area contributed by atoms with Crippen molar-refractivity contribution in [2.45, 2.75) is 26.4 Å². The van der Waals surface area contributed by atoms with Crippen LogP contribution in [0.25, 0.3) is 0 Å². The molecule has 2 rings (SSSR count). The summed E-state index contributed by atoms with van der Waals surface area (Å²) in [6.07, 6.45) is 4.03. The van der Waals surface area contributed by atoms with Crippen LogP contribution < -0.4 is 9.64 Å². The minimum absolute atomic E-state index is 0.185. The number of hydrogen-bond acceptors (Lipinski definition) is 8. The lowest BCUT2D eigenvalue weighted by Gasteiger charge is -2.24. The van der Waals surface area contributed by atoms with E-state index in [1.165, 1.54) is 22.4 Å². The summed E-state index contributed by atoms with van der Waals surface area (Å²) in [5.74, 6) is 0.185. The van der Waals surface area contributed by atoms with E-state index in [1.807, 2.05) is 0 Å². The molecule has 2 aromatic rings. The molecule has 0 N–H and O–H groups in total. The third-order valence-corrected chi connectivity index (χ3v) is 3.89. The average Bonchev–Trinajstić information content (AvgIpc) is 2.96. The summed E-state index contributed by atoms with van der Waals surface area (Å²) < 4.78 is 16.6. The van der Waals surface area contributed by atoms with Crippen LogP contribution in [0.4, 0.5) is 15.7 Å². The second-order valence-corrected chi connectivity index (χ2v) is 7.71. The van der Waals surface area contributed by atoms with Crippen LogP contribution in [-0.4, -0.2) is 47.0 Å². The van der Waals surface area contributed by atoms with Crippen molar-refractivity contribution in [2.24, 2.45) is 0 Å². The molecular weight excluding hydrogens is 412 g/mol. The lowest BCUT2D eigenvalue weighted by Crippen LogP contribution is -2.34. The van der Waals surface area contributed by atoms with E-state index in [4.69, 9.17) is 14.2 Å². The van der Waals surface area contributed by atoms with Gasteiger partial charge in [-0.3, -0.25) is 0 Å². The summed E-state index contributed by atoms with van der Waals surface area (Å²) in [6, 6.07) is 0. The van der Waals surface area contributed by atoms with Gasteiger partial charge in [0.15, 0.2) is 0 Å². The normalized spacial score (nSPS) is 11.2. The number of thiazole rings is 1. The molecule has 1 amide bonds. The fourth-order valence-electron chi connectivity index (χ4n) is 1.63. The minimum atomic E-state index is -0.660. The quantitative estimate of drug-likeness (QED) is 0.643. The fraction of sp³-hybridized carbons (Fsp3) is 0.467. The van der Waals surface area contributed by atoms with Gasteiger partial charge in [0, 0.05) is 19.5 Å². The highest BCUT2D eigenvalue weighted by molar-refractivity contribution is 9.10. The number of carbonyl (C=O) groups excluding carboxylic acids is 1. The Bertz CT molecular complexity index is 702. The van der Waals surface area contributed by atoms with Crippen LogP contribution in [0.2, 0.25) is 0 Å². The van der Waals surface area contributed by atoms with Gasteiger partial charge >= 0.3 is 6.09 Å². The first kappa shape index (κ1) is 19.5. The number of aromatic nitrogens is 3. The standard InChI is InChI=1S/C15H19BrN4O4S/c1-15(2,3)24-14(21)20(12-17-7-10(16)8-18-12)11-9-19-13(25-11)23-6-5-22-4/h7-9H,5-6H2,1-4H3. The van der Waals surface area contributed by atoms with Crippen LogP contribution >= 0.6 is 27.3 Å². The highest BCUT2D eigenvalue weighted by Gasteiger charge is 2.28. The van der Waals surface area contributed by atoms with E-state index in [1.54, 1.807) is 40.3 Å². The molecule has 0 unspecified atom stereocenters. The number of anilines is 2. The van der Waals surface area contributed by atoms with Crippen LogP contribution in [-0.2, 0) is 9.47 Å². The molecule has 0 radical (unpaired) electrons. The maximum atomic E-state index is 12.6. The first-order chi connectivity index (χ1) is 11.8. The van der Waals surface area contributed by atoms with Gasteiger partial charge in [0.2, 0.25) is 5.95 Å². The Morgan fingerprint density at radius 1 is 1.20 bits per heavy atom. The fourth-order valence-corrected chi connectivity index (χ4v) is 2.62. The van der Waals surface area contributed by atoms with Crippen molar-refractivity contribution in [1.82, 2.24) is 15.0 Å². The molecule has 136 valence electrons. The van der Waals surface area contributed by atoms with Gasteiger partial charge in [-0.05, 0) is 36.7 Å². The van der Waals surface area contributed by atoms with Gasteiger partial charge in [0.25, 0.3) is 5.19 Å². The van der Waals surface area contributed by atoms with Gasteiger partial charge in [-0.25, -0.2) is 24.6 Å². The van der Waals surface area contributed by atoms with Crippen LogP contribution in [0, 0.1) is 0 Å². The molecule has 10 heteroatoms. The van der Waals surface area contributed by atoms with E-state index in [2.05, 4.69) is 30.9 Å². The molecule has 0 aliphatic heterocycles. The zero-order valence-electron chi connectivity index (χ0n) is 14.4. The summed E-state index contributed by atoms with van der Waals surface area (Å²) in [5, 5.41) is 0.904. The highest BCUT2D eigenvalue weighted by atomic mass is 79.9. The predicted molar refractivity (Wildman–Crippen MR) is 97.6 cm³/mol. The third kappa shape index (κ3) is 5.91. The van der Waals surface area contributed by atoms with Gasteiger partial charge in [0.1, 0.15) is 17.2 Å². The zero-order chi connectivity index (χ0) is 18.4. The molecule has 0 aromatic carbocycles. The Morgan fingerprint density at radius 2 is 1.88 bits per heavy atom. The molecule has 2 aromatic heterocycles. The predicted octanol–water partition coefficient (Wildman–Crippen LogP) is 3.79. The first-order valence-corrected chi connectivity index (χ1v) is 8.99. The minimum Gasteiger partial charge on any atom is -0.468 e. The largest absolute Gasteiger partial charge is 0.468 e. The third-order valence-electron chi connectivity index (χ3n) is 2.59. The molecule has 0 atom stereocenters. The molecule has 0 aliphatic rings. The lowest BCUT2D eigenvalue weighted by molar-refractivity contribution is 0.0598. The van der Waals surface area contributed by atoms with Crippen LogP contribution in [0.1, 0.15) is 20.8 Å². The molecule has 0 spiro atoms. The monoisotopic (exact) mass is 430 g/mol. The van der Waals surface area contributed by atoms with E-state index in [0.29, 0.717) is 27.9 Å². The summed E-state index contributed by atoms with van der Waals surface area (Å²) in [6.45, 7) is 6.18. The van der Waals surface area contributed by atoms with E-state index in [0.717, 1.165) is 0 Å². The van der Waals surface area contributed by atoms with Crippen molar-refractivity contribution in [3.8, 4) is 5.19 Å². The van der Waals surface area contributed by atoms with Gasteiger partial charge in [-0.2, -0.15) is 0 Å². The maximum Gasteiger partial charge on any atom is 0.422 e. The van der Waals surface area contributed by atoms with Crippen LogP contribution in [0.5, 0.6) is 5.19 Å². The number of halogens is 1. The summed E-state index contributed by atoms with van der Waals surface area (Å²) in [7, 11) is 1.59. The lowest BCUT2D eigenvalue weighted by atomic mass is 10.2. The SMILES string of the molecule is COCCOc1ncc(N(C(=O)OC(C)(C)C)c2ncc(Br)cn2)s1. The number of nitrogens with zero attached hydrogens (tertiary/aromatic N) is 4. The molecule has 0 saturated carbocycles. The highest BCUT2D eigenvalue weighted by Crippen LogP contribution is 2.33. The van der Waals surface area contributed by atoms with Crippen molar-refractivity contribution in [1.29, 1.82) is 0 Å². The summed E-state index contributed by atoms with van der Waals surface area (Å²) in [5.41, 5.74) is -0.660. The van der Waals surface area contributed by atoms with E-state index >= 15 is 0 Å². The van der Waals surface area contributed by atoms with Crippen molar-refractivity contribution in [2.75, 3.05) is 25.2 Å².